The van der Waals surface area contributed by atoms with Gasteiger partial charge in [0.05, 0.1) is 37.3 Å². The molecule has 0 saturated carbocycles. The van der Waals surface area contributed by atoms with Crippen molar-refractivity contribution in [1.82, 2.24) is 34.8 Å². The van der Waals surface area contributed by atoms with Crippen LogP contribution in [0.15, 0.2) is 42.6 Å². The van der Waals surface area contributed by atoms with Gasteiger partial charge >= 0.3 is 0 Å². The first kappa shape index (κ1) is 23.0. The van der Waals surface area contributed by atoms with Crippen molar-refractivity contribution in [3.8, 4) is 22.8 Å². The minimum absolute atomic E-state index is 0.0219. The number of nitrogens with zero attached hydrogens (tertiary/aromatic N) is 7. The lowest BCUT2D eigenvalue weighted by Gasteiger charge is -2.26. The molecule has 1 saturated heterocycles. The SMILES string of the molecule is Cc1cccc(-c2nc(N)c(F)c(-c3cn(Cc4cccc(CN5CCOCC5)n4)nn3)n2)c1C. The number of anilines is 1. The number of aromatic nitrogens is 6. The molecule has 1 aliphatic heterocycles. The van der Waals surface area contributed by atoms with E-state index in [1.54, 1.807) is 10.9 Å². The summed E-state index contributed by atoms with van der Waals surface area (Å²) in [6, 6.07) is 11.7. The van der Waals surface area contributed by atoms with E-state index < -0.39 is 5.82 Å². The Bertz CT molecular complexity index is 1350. The van der Waals surface area contributed by atoms with E-state index in [9.17, 15) is 4.39 Å². The van der Waals surface area contributed by atoms with Gasteiger partial charge in [0, 0.05) is 25.2 Å². The fourth-order valence-corrected chi connectivity index (χ4v) is 4.09. The van der Waals surface area contributed by atoms with Gasteiger partial charge in [-0.05, 0) is 37.1 Å². The van der Waals surface area contributed by atoms with Crippen LogP contribution in [0.2, 0.25) is 0 Å². The lowest BCUT2D eigenvalue weighted by Crippen LogP contribution is -2.35. The highest BCUT2D eigenvalue weighted by Gasteiger charge is 2.19. The van der Waals surface area contributed by atoms with Gasteiger partial charge < -0.3 is 10.5 Å². The Hall–Kier alpha value is -3.76. The van der Waals surface area contributed by atoms with E-state index in [0.717, 1.165) is 60.9 Å². The maximum absolute atomic E-state index is 14.9. The van der Waals surface area contributed by atoms with E-state index in [1.807, 2.05) is 50.2 Å². The average Bonchev–Trinajstić information content (AvgIpc) is 3.31. The molecule has 0 spiro atoms. The predicted octanol–water partition coefficient (Wildman–Crippen LogP) is 3.02. The van der Waals surface area contributed by atoms with Crippen LogP contribution in [-0.4, -0.2) is 61.1 Å². The summed E-state index contributed by atoms with van der Waals surface area (Å²) in [5, 5.41) is 8.32. The number of aryl methyl sites for hydroxylation is 1. The maximum atomic E-state index is 14.9. The van der Waals surface area contributed by atoms with Crippen molar-refractivity contribution < 1.29 is 9.13 Å². The second-order valence-corrected chi connectivity index (χ2v) is 8.65. The molecule has 0 unspecified atom stereocenters. The van der Waals surface area contributed by atoms with Crippen molar-refractivity contribution in [2.45, 2.75) is 26.9 Å². The van der Waals surface area contributed by atoms with Crippen molar-refractivity contribution in [1.29, 1.82) is 0 Å². The Morgan fingerprint density at radius 1 is 0.971 bits per heavy atom. The summed E-state index contributed by atoms with van der Waals surface area (Å²) in [6.07, 6.45) is 1.65. The van der Waals surface area contributed by atoms with Crippen molar-refractivity contribution >= 4 is 5.82 Å². The molecule has 4 aromatic rings. The predicted molar refractivity (Wildman–Crippen MR) is 130 cm³/mol. The zero-order valence-electron chi connectivity index (χ0n) is 19.8. The second kappa shape index (κ2) is 9.85. The molecule has 35 heavy (non-hydrogen) atoms. The summed E-state index contributed by atoms with van der Waals surface area (Å²) in [7, 11) is 0. The van der Waals surface area contributed by atoms with Crippen LogP contribution in [0, 0.1) is 19.7 Å². The minimum Gasteiger partial charge on any atom is -0.381 e. The van der Waals surface area contributed by atoms with Crippen LogP contribution < -0.4 is 5.73 Å². The van der Waals surface area contributed by atoms with Crippen molar-refractivity contribution in [3.05, 3.63) is 70.9 Å². The monoisotopic (exact) mass is 474 g/mol. The lowest BCUT2D eigenvalue weighted by molar-refractivity contribution is 0.0336. The van der Waals surface area contributed by atoms with Gasteiger partial charge in [0.15, 0.2) is 17.5 Å². The lowest BCUT2D eigenvalue weighted by atomic mass is 10.0. The van der Waals surface area contributed by atoms with Gasteiger partial charge in [-0.1, -0.05) is 29.5 Å². The normalized spacial score (nSPS) is 14.4. The highest BCUT2D eigenvalue weighted by Crippen LogP contribution is 2.28. The molecule has 2 N–H and O–H groups in total. The van der Waals surface area contributed by atoms with E-state index in [1.165, 1.54) is 0 Å². The Labute approximate surface area is 202 Å². The largest absolute Gasteiger partial charge is 0.381 e. The number of halogens is 1. The molecule has 9 nitrogen and oxygen atoms in total. The number of pyridine rings is 1. The number of benzene rings is 1. The van der Waals surface area contributed by atoms with Gasteiger partial charge in [-0.2, -0.15) is 0 Å². The Morgan fingerprint density at radius 3 is 2.51 bits per heavy atom. The Kier molecular flexibility index (Phi) is 6.47. The third-order valence-corrected chi connectivity index (χ3v) is 6.18. The number of hydrogen-bond acceptors (Lipinski definition) is 8. The molecular weight excluding hydrogens is 447 g/mol. The maximum Gasteiger partial charge on any atom is 0.193 e. The molecule has 0 atom stereocenters. The molecule has 3 aromatic heterocycles. The van der Waals surface area contributed by atoms with E-state index in [-0.39, 0.29) is 17.2 Å². The third-order valence-electron chi connectivity index (χ3n) is 6.18. The highest BCUT2D eigenvalue weighted by molar-refractivity contribution is 5.67. The van der Waals surface area contributed by atoms with Crippen LogP contribution in [0.3, 0.4) is 0 Å². The summed E-state index contributed by atoms with van der Waals surface area (Å²) in [5.74, 6) is -0.582. The highest BCUT2D eigenvalue weighted by atomic mass is 19.1. The molecule has 4 heterocycles. The van der Waals surface area contributed by atoms with Gasteiger partial charge in [-0.15, -0.1) is 5.10 Å². The third kappa shape index (κ3) is 5.03. The molecule has 0 amide bonds. The average molecular weight is 475 g/mol. The smallest absolute Gasteiger partial charge is 0.193 e. The molecule has 0 bridgehead atoms. The molecule has 5 rings (SSSR count). The van der Waals surface area contributed by atoms with E-state index in [0.29, 0.717) is 12.4 Å². The first-order valence-electron chi connectivity index (χ1n) is 11.5. The number of nitrogens with two attached hydrogens (primary N) is 1. The van der Waals surface area contributed by atoms with Crippen LogP contribution in [0.25, 0.3) is 22.8 Å². The summed E-state index contributed by atoms with van der Waals surface area (Å²) in [5.41, 5.74) is 10.9. The van der Waals surface area contributed by atoms with Crippen LogP contribution in [0.5, 0.6) is 0 Å². The molecule has 180 valence electrons. The number of rotatable bonds is 6. The topological polar surface area (TPSA) is 108 Å². The molecule has 1 fully saturated rings. The first-order valence-corrected chi connectivity index (χ1v) is 11.5. The molecule has 0 radical (unpaired) electrons. The summed E-state index contributed by atoms with van der Waals surface area (Å²) < 4.78 is 22.0. The number of morpholine rings is 1. The fourth-order valence-electron chi connectivity index (χ4n) is 4.09. The van der Waals surface area contributed by atoms with Crippen LogP contribution in [0.4, 0.5) is 10.2 Å². The Morgan fingerprint density at radius 2 is 1.71 bits per heavy atom. The Balaban J connectivity index is 1.38. The van der Waals surface area contributed by atoms with Gasteiger partial charge in [0.1, 0.15) is 11.4 Å². The second-order valence-electron chi connectivity index (χ2n) is 8.65. The van der Waals surface area contributed by atoms with E-state index in [2.05, 4.69) is 25.2 Å². The van der Waals surface area contributed by atoms with E-state index >= 15 is 0 Å². The van der Waals surface area contributed by atoms with Crippen LogP contribution in [-0.2, 0) is 17.8 Å². The van der Waals surface area contributed by atoms with Crippen molar-refractivity contribution in [2.75, 3.05) is 32.0 Å². The van der Waals surface area contributed by atoms with Gasteiger partial charge in [0.25, 0.3) is 0 Å². The summed E-state index contributed by atoms with van der Waals surface area (Å²) in [4.78, 5) is 15.7. The standard InChI is InChI=1S/C25H27FN8O/c1-16-5-3-8-20(17(16)2)25-29-23(22(26)24(27)30-25)21-15-34(32-31-21)14-19-7-4-6-18(28-19)13-33-9-11-35-12-10-33/h3-8,15H,9-14H2,1-2H3,(H2,27,29,30). The van der Waals surface area contributed by atoms with Gasteiger partial charge in [0.2, 0.25) is 0 Å². The molecule has 1 aliphatic rings. The van der Waals surface area contributed by atoms with Gasteiger partial charge in [-0.25, -0.2) is 19.0 Å². The van der Waals surface area contributed by atoms with E-state index in [4.69, 9.17) is 15.5 Å². The fraction of sp³-hybridized carbons (Fsp3) is 0.320. The van der Waals surface area contributed by atoms with Crippen LogP contribution in [0.1, 0.15) is 22.5 Å². The van der Waals surface area contributed by atoms with Crippen molar-refractivity contribution in [2.24, 2.45) is 0 Å². The number of hydrogen-bond donors (Lipinski definition) is 1. The molecule has 1 aromatic carbocycles. The quantitative estimate of drug-likeness (QED) is 0.454. The van der Waals surface area contributed by atoms with Gasteiger partial charge in [-0.3, -0.25) is 9.88 Å². The number of nitrogen functional groups attached to an aromatic ring is 1. The molecule has 10 heteroatoms. The molecular formula is C25H27FN8O. The number of ether oxygens (including phenoxy) is 1. The zero-order valence-corrected chi connectivity index (χ0v) is 19.8. The summed E-state index contributed by atoms with van der Waals surface area (Å²) >= 11 is 0. The van der Waals surface area contributed by atoms with Crippen molar-refractivity contribution in [3.63, 3.8) is 0 Å². The first-order chi connectivity index (χ1) is 17.0. The van der Waals surface area contributed by atoms with Crippen LogP contribution >= 0.6 is 0 Å². The summed E-state index contributed by atoms with van der Waals surface area (Å²) in [6.45, 7) is 8.44. The zero-order chi connectivity index (χ0) is 24.4. The minimum atomic E-state index is -0.711. The molecule has 0 aliphatic carbocycles.